The van der Waals surface area contributed by atoms with Crippen LogP contribution in [0.2, 0.25) is 0 Å². The number of pyridine rings is 1. The summed E-state index contributed by atoms with van der Waals surface area (Å²) in [5.74, 6) is 0.637. The van der Waals surface area contributed by atoms with Crippen molar-refractivity contribution in [3.05, 3.63) is 67.1 Å². The number of rotatable bonds is 1. The quantitative estimate of drug-likeness (QED) is 0.441. The third-order valence-electron chi connectivity index (χ3n) is 4.00. The maximum Gasteiger partial charge on any atom is 0.181 e. The number of nitrogens with zero attached hydrogens (tertiary/aromatic N) is 5. The molecule has 0 radical (unpaired) electrons. The molecule has 0 bridgehead atoms. The van der Waals surface area contributed by atoms with E-state index in [4.69, 9.17) is 4.98 Å². The third kappa shape index (κ3) is 2.06. The van der Waals surface area contributed by atoms with Crippen molar-refractivity contribution in [1.82, 2.24) is 24.9 Å². The predicted octanol–water partition coefficient (Wildman–Crippen LogP) is 3.79. The fourth-order valence-corrected chi connectivity index (χ4v) is 2.83. The topological polar surface area (TPSA) is 64.5 Å². The van der Waals surface area contributed by atoms with Gasteiger partial charge in [0.15, 0.2) is 11.5 Å². The molecule has 0 amide bonds. The van der Waals surface area contributed by atoms with E-state index in [1.165, 1.54) is 0 Å². The first-order chi connectivity index (χ1) is 11.9. The van der Waals surface area contributed by atoms with Crippen molar-refractivity contribution in [2.24, 2.45) is 0 Å². The number of benzene rings is 2. The molecule has 0 aliphatic heterocycles. The number of para-hydroxylation sites is 1. The van der Waals surface area contributed by atoms with Gasteiger partial charge in [0.1, 0.15) is 5.52 Å². The summed E-state index contributed by atoms with van der Waals surface area (Å²) in [4.78, 5) is 22.1. The van der Waals surface area contributed by atoms with Crippen molar-refractivity contribution in [3.63, 3.8) is 0 Å². The van der Waals surface area contributed by atoms with Crippen LogP contribution in [0.3, 0.4) is 0 Å². The zero-order valence-corrected chi connectivity index (χ0v) is 12.6. The van der Waals surface area contributed by atoms with Gasteiger partial charge in [-0.25, -0.2) is 24.9 Å². The molecule has 3 aromatic heterocycles. The van der Waals surface area contributed by atoms with Crippen molar-refractivity contribution in [2.45, 2.75) is 0 Å². The van der Waals surface area contributed by atoms with Gasteiger partial charge in [0.05, 0.1) is 17.2 Å². The molecular weight excluding hydrogens is 298 g/mol. The predicted molar refractivity (Wildman–Crippen MR) is 93.4 cm³/mol. The minimum Gasteiger partial charge on any atom is -0.250 e. The van der Waals surface area contributed by atoms with Gasteiger partial charge in [-0.1, -0.05) is 18.2 Å². The first-order valence-electron chi connectivity index (χ1n) is 7.60. The van der Waals surface area contributed by atoms with Gasteiger partial charge in [0.2, 0.25) is 0 Å². The van der Waals surface area contributed by atoms with E-state index >= 15 is 0 Å². The Balaban J connectivity index is 1.71. The Bertz CT molecular complexity index is 1220. The molecule has 0 unspecified atom stereocenters. The van der Waals surface area contributed by atoms with E-state index in [1.807, 2.05) is 30.3 Å². The summed E-state index contributed by atoms with van der Waals surface area (Å²) in [6, 6.07) is 16.3. The minimum absolute atomic E-state index is 0.597. The molecule has 0 atom stereocenters. The summed E-state index contributed by atoms with van der Waals surface area (Å²) < 4.78 is 0. The van der Waals surface area contributed by atoms with Crippen LogP contribution < -0.4 is 0 Å². The summed E-state index contributed by atoms with van der Waals surface area (Å²) in [6.07, 6.45) is 4.97. The first kappa shape index (κ1) is 13.0. The first-order valence-corrected chi connectivity index (χ1v) is 7.60. The van der Waals surface area contributed by atoms with E-state index in [0.29, 0.717) is 17.0 Å². The number of fused-ring (bicyclic) bond motifs is 3. The molecule has 0 N–H and O–H groups in total. The smallest absolute Gasteiger partial charge is 0.181 e. The Morgan fingerprint density at radius 2 is 1.50 bits per heavy atom. The highest BCUT2D eigenvalue weighted by Gasteiger charge is 2.07. The molecule has 2 aromatic carbocycles. The van der Waals surface area contributed by atoms with Crippen LogP contribution in [-0.2, 0) is 0 Å². The van der Waals surface area contributed by atoms with Crippen LogP contribution in [0.4, 0.5) is 0 Å². The van der Waals surface area contributed by atoms with Crippen LogP contribution in [0.1, 0.15) is 0 Å². The van der Waals surface area contributed by atoms with Gasteiger partial charge in [-0.05, 0) is 30.3 Å². The third-order valence-corrected chi connectivity index (χ3v) is 4.00. The largest absolute Gasteiger partial charge is 0.250 e. The molecule has 5 rings (SSSR count). The van der Waals surface area contributed by atoms with Crippen LogP contribution in [0.5, 0.6) is 0 Å². The molecule has 5 heteroatoms. The highest BCUT2D eigenvalue weighted by Crippen LogP contribution is 2.24. The molecule has 0 saturated heterocycles. The van der Waals surface area contributed by atoms with Crippen molar-refractivity contribution < 1.29 is 0 Å². The summed E-state index contributed by atoms with van der Waals surface area (Å²) in [7, 11) is 0. The van der Waals surface area contributed by atoms with Crippen LogP contribution in [0, 0.1) is 0 Å². The van der Waals surface area contributed by atoms with Crippen molar-refractivity contribution in [2.75, 3.05) is 0 Å². The maximum atomic E-state index is 4.70. The molecule has 3 heterocycles. The summed E-state index contributed by atoms with van der Waals surface area (Å²) in [6.45, 7) is 0. The summed E-state index contributed by atoms with van der Waals surface area (Å²) >= 11 is 0. The van der Waals surface area contributed by atoms with E-state index in [2.05, 4.69) is 38.1 Å². The lowest BCUT2D eigenvalue weighted by atomic mass is 10.1. The molecule has 0 fully saturated rings. The van der Waals surface area contributed by atoms with Crippen LogP contribution in [-0.4, -0.2) is 24.9 Å². The average molecular weight is 309 g/mol. The second-order valence-corrected chi connectivity index (χ2v) is 5.55. The van der Waals surface area contributed by atoms with E-state index in [1.54, 1.807) is 18.6 Å². The van der Waals surface area contributed by atoms with Gasteiger partial charge in [-0.15, -0.1) is 0 Å². The molecular formula is C19H11N5. The fraction of sp³-hybridized carbons (Fsp3) is 0. The molecule has 0 saturated carbocycles. The minimum atomic E-state index is 0.597. The Hall–Kier alpha value is -3.47. The fourth-order valence-electron chi connectivity index (χ4n) is 2.83. The Morgan fingerprint density at radius 1 is 0.625 bits per heavy atom. The monoisotopic (exact) mass is 309 g/mol. The van der Waals surface area contributed by atoms with Crippen molar-refractivity contribution in [3.8, 4) is 11.4 Å². The second-order valence-electron chi connectivity index (χ2n) is 5.55. The lowest BCUT2D eigenvalue weighted by Gasteiger charge is -2.05. The van der Waals surface area contributed by atoms with Crippen molar-refractivity contribution >= 4 is 33.0 Å². The normalized spacial score (nSPS) is 11.3. The van der Waals surface area contributed by atoms with E-state index in [9.17, 15) is 0 Å². The van der Waals surface area contributed by atoms with E-state index < -0.39 is 0 Å². The average Bonchev–Trinajstić information content (AvgIpc) is 2.65. The highest BCUT2D eigenvalue weighted by molar-refractivity contribution is 5.94. The maximum absolute atomic E-state index is 4.70. The lowest BCUT2D eigenvalue weighted by Crippen LogP contribution is -1.93. The number of hydrogen-bond acceptors (Lipinski definition) is 5. The van der Waals surface area contributed by atoms with Gasteiger partial charge < -0.3 is 0 Å². The second kappa shape index (κ2) is 5.03. The molecule has 0 spiro atoms. The van der Waals surface area contributed by atoms with Gasteiger partial charge in [0.25, 0.3) is 0 Å². The molecule has 0 aliphatic rings. The standard InChI is InChI=1S/C19H11N5/c1-2-4-15-12(3-1)9-14-10-13(5-6-16(14)23-15)18-22-11-17-19(24-18)21-8-7-20-17/h1-11H. The molecule has 0 aliphatic carbocycles. The summed E-state index contributed by atoms with van der Waals surface area (Å²) in [5.41, 5.74) is 4.18. The van der Waals surface area contributed by atoms with E-state index in [-0.39, 0.29) is 0 Å². The highest BCUT2D eigenvalue weighted by atomic mass is 15.0. The van der Waals surface area contributed by atoms with Crippen LogP contribution in [0.15, 0.2) is 67.1 Å². The van der Waals surface area contributed by atoms with Gasteiger partial charge in [-0.2, -0.15) is 0 Å². The van der Waals surface area contributed by atoms with E-state index in [0.717, 1.165) is 27.4 Å². The van der Waals surface area contributed by atoms with Gasteiger partial charge in [-0.3, -0.25) is 0 Å². The number of aromatic nitrogens is 5. The zero-order chi connectivity index (χ0) is 15.9. The van der Waals surface area contributed by atoms with Crippen molar-refractivity contribution in [1.29, 1.82) is 0 Å². The molecule has 5 nitrogen and oxygen atoms in total. The lowest BCUT2D eigenvalue weighted by molar-refractivity contribution is 1.15. The Kier molecular flexibility index (Phi) is 2.72. The van der Waals surface area contributed by atoms with Gasteiger partial charge >= 0.3 is 0 Å². The Labute approximate surface area is 137 Å². The molecule has 5 aromatic rings. The van der Waals surface area contributed by atoms with Crippen LogP contribution in [0.25, 0.3) is 44.4 Å². The number of hydrogen-bond donors (Lipinski definition) is 0. The Morgan fingerprint density at radius 3 is 2.50 bits per heavy atom. The van der Waals surface area contributed by atoms with Gasteiger partial charge in [0, 0.05) is 28.7 Å². The molecule has 112 valence electrons. The van der Waals surface area contributed by atoms with Crippen LogP contribution >= 0.6 is 0 Å². The summed E-state index contributed by atoms with van der Waals surface area (Å²) in [5, 5.41) is 2.18. The molecule has 24 heavy (non-hydrogen) atoms. The zero-order valence-electron chi connectivity index (χ0n) is 12.6. The SMILES string of the molecule is c1ccc2nc3ccc(-c4ncc5nccnc5n4)cc3cc2c1.